The summed E-state index contributed by atoms with van der Waals surface area (Å²) in [7, 11) is 0. The number of alkyl halides is 3. The van der Waals surface area contributed by atoms with Gasteiger partial charge in [0.05, 0.1) is 11.1 Å². The first-order valence-corrected chi connectivity index (χ1v) is 9.87. The van der Waals surface area contributed by atoms with Crippen molar-refractivity contribution in [3.8, 4) is 5.75 Å². The Morgan fingerprint density at radius 2 is 1.59 bits per heavy atom. The van der Waals surface area contributed by atoms with Crippen molar-refractivity contribution in [3.63, 3.8) is 0 Å². The van der Waals surface area contributed by atoms with Gasteiger partial charge in [0, 0.05) is 11.3 Å². The van der Waals surface area contributed by atoms with E-state index in [9.17, 15) is 27.6 Å². The van der Waals surface area contributed by atoms with Gasteiger partial charge in [-0.25, -0.2) is 4.79 Å². The number of benzene rings is 3. The Morgan fingerprint density at radius 1 is 0.882 bits per heavy atom. The number of esters is 1. The third kappa shape index (κ3) is 6.83. The van der Waals surface area contributed by atoms with Gasteiger partial charge in [0.1, 0.15) is 12.4 Å². The zero-order valence-electron chi connectivity index (χ0n) is 17.6. The number of carbonyl (C=O) groups is 3. The molecule has 0 atom stereocenters. The highest BCUT2D eigenvalue weighted by atomic mass is 19.4. The Bertz CT molecular complexity index is 1190. The van der Waals surface area contributed by atoms with Crippen LogP contribution in [0, 0.1) is 0 Å². The van der Waals surface area contributed by atoms with Crippen molar-refractivity contribution in [1.29, 1.82) is 0 Å². The average Bonchev–Trinajstić information content (AvgIpc) is 2.81. The molecule has 7 nitrogen and oxygen atoms in total. The number of rotatable bonds is 8. The molecule has 10 heteroatoms. The van der Waals surface area contributed by atoms with Gasteiger partial charge in [-0.2, -0.15) is 13.2 Å². The summed E-state index contributed by atoms with van der Waals surface area (Å²) in [5.41, 5.74) is 5.45. The van der Waals surface area contributed by atoms with E-state index in [4.69, 9.17) is 15.2 Å². The van der Waals surface area contributed by atoms with Crippen molar-refractivity contribution in [1.82, 2.24) is 0 Å². The zero-order chi connectivity index (χ0) is 24.7. The summed E-state index contributed by atoms with van der Waals surface area (Å²) in [5.74, 6) is -1.59. The van der Waals surface area contributed by atoms with Crippen molar-refractivity contribution < 1.29 is 37.0 Å². The van der Waals surface area contributed by atoms with Crippen LogP contribution in [0.4, 0.5) is 18.9 Å². The number of anilines is 1. The third-order valence-corrected chi connectivity index (χ3v) is 4.52. The van der Waals surface area contributed by atoms with Crippen LogP contribution < -0.4 is 15.8 Å². The SMILES string of the molecule is NC(=O)c1cccc(COC(=O)c2ccc(OCC(=O)Nc3cccc(C(F)(F)F)c3)cc2)c1. The lowest BCUT2D eigenvalue weighted by Gasteiger charge is -2.11. The van der Waals surface area contributed by atoms with E-state index in [0.29, 0.717) is 11.1 Å². The molecule has 0 heterocycles. The van der Waals surface area contributed by atoms with Crippen molar-refractivity contribution >= 4 is 23.5 Å². The molecule has 34 heavy (non-hydrogen) atoms. The Kier molecular flexibility index (Phi) is 7.52. The molecule has 0 unspecified atom stereocenters. The first-order valence-electron chi connectivity index (χ1n) is 9.87. The maximum atomic E-state index is 12.8. The number of halogens is 3. The van der Waals surface area contributed by atoms with Gasteiger partial charge in [-0.1, -0.05) is 18.2 Å². The van der Waals surface area contributed by atoms with Crippen LogP contribution in [0.25, 0.3) is 0 Å². The van der Waals surface area contributed by atoms with E-state index >= 15 is 0 Å². The molecule has 3 rings (SSSR count). The Labute approximate surface area is 192 Å². The highest BCUT2D eigenvalue weighted by Crippen LogP contribution is 2.30. The highest BCUT2D eigenvalue weighted by molar-refractivity contribution is 5.93. The molecular formula is C24H19F3N2O5. The van der Waals surface area contributed by atoms with Crippen LogP contribution in [0.15, 0.2) is 72.8 Å². The summed E-state index contributed by atoms with van der Waals surface area (Å²) >= 11 is 0. The molecule has 3 aromatic rings. The number of hydrogen-bond acceptors (Lipinski definition) is 5. The van der Waals surface area contributed by atoms with Crippen molar-refractivity contribution in [2.24, 2.45) is 5.73 Å². The number of primary amides is 1. The molecule has 0 bridgehead atoms. The van der Waals surface area contributed by atoms with Crippen molar-refractivity contribution in [2.45, 2.75) is 12.8 Å². The quantitative estimate of drug-likeness (QED) is 0.479. The lowest BCUT2D eigenvalue weighted by molar-refractivity contribution is -0.137. The van der Waals surface area contributed by atoms with Gasteiger partial charge in [0.15, 0.2) is 6.61 Å². The normalized spacial score (nSPS) is 10.9. The number of amides is 2. The van der Waals surface area contributed by atoms with Crippen LogP contribution in [0.3, 0.4) is 0 Å². The van der Waals surface area contributed by atoms with E-state index in [1.54, 1.807) is 18.2 Å². The van der Waals surface area contributed by atoms with Crippen LogP contribution in [-0.4, -0.2) is 24.4 Å². The molecule has 0 aromatic heterocycles. The van der Waals surface area contributed by atoms with Gasteiger partial charge in [-0.15, -0.1) is 0 Å². The second kappa shape index (κ2) is 10.5. The zero-order valence-corrected chi connectivity index (χ0v) is 17.6. The molecule has 0 aliphatic rings. The van der Waals surface area contributed by atoms with E-state index in [2.05, 4.69) is 5.32 Å². The molecule has 3 N–H and O–H groups in total. The van der Waals surface area contributed by atoms with Crippen LogP contribution in [0.5, 0.6) is 5.75 Å². The van der Waals surface area contributed by atoms with Gasteiger partial charge in [0.25, 0.3) is 5.91 Å². The molecule has 3 aromatic carbocycles. The van der Waals surface area contributed by atoms with E-state index < -0.39 is 36.1 Å². The molecule has 2 amide bonds. The first-order chi connectivity index (χ1) is 16.1. The molecule has 0 spiro atoms. The predicted molar refractivity (Wildman–Crippen MR) is 116 cm³/mol. The van der Waals surface area contributed by atoms with Gasteiger partial charge in [0.2, 0.25) is 5.91 Å². The minimum Gasteiger partial charge on any atom is -0.484 e. The summed E-state index contributed by atoms with van der Waals surface area (Å²) in [6.45, 7) is -0.510. The number of hydrogen-bond donors (Lipinski definition) is 2. The molecule has 176 valence electrons. The molecule has 0 aliphatic heterocycles. The summed E-state index contributed by atoms with van der Waals surface area (Å²) in [6, 6.07) is 16.4. The molecular weight excluding hydrogens is 453 g/mol. The van der Waals surface area contributed by atoms with E-state index in [1.807, 2.05) is 0 Å². The fourth-order valence-electron chi connectivity index (χ4n) is 2.85. The molecule has 0 fully saturated rings. The molecule has 0 saturated heterocycles. The average molecular weight is 472 g/mol. The maximum absolute atomic E-state index is 12.8. The lowest BCUT2D eigenvalue weighted by atomic mass is 10.1. The predicted octanol–water partition coefficient (Wildman–Crippen LogP) is 4.18. The fourth-order valence-corrected chi connectivity index (χ4v) is 2.85. The van der Waals surface area contributed by atoms with Gasteiger partial charge >= 0.3 is 12.1 Å². The van der Waals surface area contributed by atoms with Crippen LogP contribution in [0.1, 0.15) is 31.8 Å². The topological polar surface area (TPSA) is 108 Å². The highest BCUT2D eigenvalue weighted by Gasteiger charge is 2.30. The second-order valence-electron chi connectivity index (χ2n) is 7.08. The fraction of sp³-hybridized carbons (Fsp3) is 0.125. The van der Waals surface area contributed by atoms with Crippen molar-refractivity contribution in [3.05, 3.63) is 95.1 Å². The smallest absolute Gasteiger partial charge is 0.416 e. The van der Waals surface area contributed by atoms with Crippen LogP contribution in [0.2, 0.25) is 0 Å². The van der Waals surface area contributed by atoms with Gasteiger partial charge < -0.3 is 20.5 Å². The van der Waals surface area contributed by atoms with Crippen LogP contribution >= 0.6 is 0 Å². The molecule has 0 aliphatic carbocycles. The van der Waals surface area contributed by atoms with Crippen molar-refractivity contribution in [2.75, 3.05) is 11.9 Å². The van der Waals surface area contributed by atoms with E-state index in [-0.39, 0.29) is 23.6 Å². The van der Waals surface area contributed by atoms with E-state index in [0.717, 1.165) is 12.1 Å². The number of nitrogens with two attached hydrogens (primary N) is 1. The number of ether oxygens (including phenoxy) is 2. The third-order valence-electron chi connectivity index (χ3n) is 4.52. The number of nitrogens with one attached hydrogen (secondary N) is 1. The Hall–Kier alpha value is -4.34. The second-order valence-corrected chi connectivity index (χ2v) is 7.08. The van der Waals surface area contributed by atoms with Gasteiger partial charge in [-0.05, 0) is 60.2 Å². The van der Waals surface area contributed by atoms with Gasteiger partial charge in [-0.3, -0.25) is 9.59 Å². The number of carbonyl (C=O) groups excluding carboxylic acids is 3. The Morgan fingerprint density at radius 3 is 2.26 bits per heavy atom. The largest absolute Gasteiger partial charge is 0.484 e. The maximum Gasteiger partial charge on any atom is 0.416 e. The summed E-state index contributed by atoms with van der Waals surface area (Å²) in [4.78, 5) is 35.4. The minimum atomic E-state index is -4.52. The van der Waals surface area contributed by atoms with E-state index in [1.165, 1.54) is 42.5 Å². The standard InChI is InChI=1S/C24H19F3N2O5/c25-24(26,27)18-5-2-6-19(12-18)29-21(30)14-33-20-9-7-16(8-10-20)23(32)34-13-15-3-1-4-17(11-15)22(28)31/h1-12H,13-14H2,(H2,28,31)(H,29,30). The summed E-state index contributed by atoms with van der Waals surface area (Å²) in [5, 5.41) is 2.33. The summed E-state index contributed by atoms with van der Waals surface area (Å²) in [6.07, 6.45) is -4.52. The van der Waals surface area contributed by atoms with Crippen LogP contribution in [-0.2, 0) is 22.3 Å². The minimum absolute atomic E-state index is 0.0112. The summed E-state index contributed by atoms with van der Waals surface area (Å²) < 4.78 is 48.8. The first kappa shape index (κ1) is 24.3. The Balaban J connectivity index is 1.49. The lowest BCUT2D eigenvalue weighted by Crippen LogP contribution is -2.20. The monoisotopic (exact) mass is 472 g/mol. The molecule has 0 saturated carbocycles. The molecule has 0 radical (unpaired) electrons.